The van der Waals surface area contributed by atoms with E-state index in [0.717, 1.165) is 11.3 Å². The van der Waals surface area contributed by atoms with E-state index in [1.165, 1.54) is 11.3 Å². The van der Waals surface area contributed by atoms with E-state index in [4.69, 9.17) is 5.73 Å². The third-order valence-corrected chi connectivity index (χ3v) is 4.28. The highest BCUT2D eigenvalue weighted by Gasteiger charge is 2.15. The van der Waals surface area contributed by atoms with Gasteiger partial charge in [-0.05, 0) is 36.2 Å². The fourth-order valence-corrected chi connectivity index (χ4v) is 2.81. The molecule has 4 nitrogen and oxygen atoms in total. The van der Waals surface area contributed by atoms with E-state index in [2.05, 4.69) is 66.0 Å². The van der Waals surface area contributed by atoms with Gasteiger partial charge in [-0.25, -0.2) is 0 Å². The van der Waals surface area contributed by atoms with Gasteiger partial charge in [-0.15, -0.1) is 0 Å². The van der Waals surface area contributed by atoms with Gasteiger partial charge in [0.15, 0.2) is 0 Å². The van der Waals surface area contributed by atoms with Gasteiger partial charge in [-0.3, -0.25) is 4.79 Å². The van der Waals surface area contributed by atoms with Crippen LogP contribution in [0.25, 0.3) is 6.08 Å². The first-order valence-corrected chi connectivity index (χ1v) is 8.39. The lowest BCUT2D eigenvalue weighted by Crippen LogP contribution is -2.32. The number of benzene rings is 2. The summed E-state index contributed by atoms with van der Waals surface area (Å²) in [5.74, 6) is 0.0706. The summed E-state index contributed by atoms with van der Waals surface area (Å²) in [6.07, 6.45) is 8.59. The number of fused-ring (bicyclic) bond motifs is 1. The number of nitrogens with zero attached hydrogens (tertiary/aromatic N) is 1. The zero-order valence-corrected chi connectivity index (χ0v) is 14.5. The molecule has 0 spiro atoms. The van der Waals surface area contributed by atoms with Gasteiger partial charge in [0, 0.05) is 30.5 Å². The molecule has 3 rings (SSSR count). The van der Waals surface area contributed by atoms with E-state index in [1.807, 2.05) is 24.3 Å². The molecule has 4 heteroatoms. The van der Waals surface area contributed by atoms with Gasteiger partial charge < -0.3 is 16.0 Å². The van der Waals surface area contributed by atoms with E-state index in [0.29, 0.717) is 0 Å². The number of nitrogens with one attached hydrogen (secondary N) is 1. The Bertz CT molecular complexity index is 806. The van der Waals surface area contributed by atoms with E-state index < -0.39 is 6.04 Å². The third kappa shape index (κ3) is 3.98. The molecule has 3 N–H and O–H groups in total. The normalized spacial score (nSPS) is 17.4. The van der Waals surface area contributed by atoms with Crippen LogP contribution in [0.1, 0.15) is 24.0 Å². The maximum atomic E-state index is 11.6. The molecule has 2 atom stereocenters. The summed E-state index contributed by atoms with van der Waals surface area (Å²) in [6, 6.07) is 15.7. The van der Waals surface area contributed by atoms with Crippen LogP contribution in [0.3, 0.4) is 0 Å². The summed E-state index contributed by atoms with van der Waals surface area (Å²) >= 11 is 0. The van der Waals surface area contributed by atoms with Crippen molar-refractivity contribution in [2.24, 2.45) is 5.73 Å². The van der Waals surface area contributed by atoms with Crippen LogP contribution in [0.4, 0.5) is 11.4 Å². The minimum absolute atomic E-state index is 0.184. The second kappa shape index (κ2) is 7.36. The largest absolute Gasteiger partial charge is 0.351 e. The molecule has 25 heavy (non-hydrogen) atoms. The Morgan fingerprint density at radius 2 is 1.92 bits per heavy atom. The number of anilines is 2. The highest BCUT2D eigenvalue weighted by atomic mass is 16.2. The second-order valence-electron chi connectivity index (χ2n) is 6.30. The smallest absolute Gasteiger partial charge is 0.240 e. The molecular weight excluding hydrogens is 310 g/mol. The molecule has 2 aromatic carbocycles. The Morgan fingerprint density at radius 3 is 2.64 bits per heavy atom. The predicted octanol–water partition coefficient (Wildman–Crippen LogP) is 3.73. The zero-order chi connectivity index (χ0) is 17.8. The first-order valence-electron chi connectivity index (χ1n) is 8.39. The molecule has 1 heterocycles. The number of rotatable bonds is 4. The van der Waals surface area contributed by atoms with Gasteiger partial charge in [0.1, 0.15) is 0 Å². The van der Waals surface area contributed by atoms with Gasteiger partial charge >= 0.3 is 0 Å². The van der Waals surface area contributed by atoms with Crippen LogP contribution < -0.4 is 16.0 Å². The van der Waals surface area contributed by atoms with Crippen LogP contribution >= 0.6 is 0 Å². The van der Waals surface area contributed by atoms with E-state index >= 15 is 0 Å². The van der Waals surface area contributed by atoms with Crippen molar-refractivity contribution in [1.82, 2.24) is 0 Å². The first kappa shape index (κ1) is 17.0. The third-order valence-electron chi connectivity index (χ3n) is 4.28. The fraction of sp³-hybridized carbons (Fsp3) is 0.190. The highest BCUT2D eigenvalue weighted by molar-refractivity contribution is 5.94. The topological polar surface area (TPSA) is 58.4 Å². The molecule has 0 bridgehead atoms. The number of carbonyl (C=O) groups excluding carboxylic acids is 1. The molecule has 0 saturated heterocycles. The average molecular weight is 333 g/mol. The molecule has 1 aliphatic rings. The van der Waals surface area contributed by atoms with Gasteiger partial charge in [-0.1, -0.05) is 48.6 Å². The Hall–Kier alpha value is -2.85. The number of allylic oxidation sites excluding steroid dienone is 2. The van der Waals surface area contributed by atoms with Crippen LogP contribution in [0.5, 0.6) is 0 Å². The zero-order valence-electron chi connectivity index (χ0n) is 14.5. The summed E-state index contributed by atoms with van der Waals surface area (Å²) in [5.41, 5.74) is 9.93. The summed E-state index contributed by atoms with van der Waals surface area (Å²) < 4.78 is 0. The molecule has 128 valence electrons. The lowest BCUT2D eigenvalue weighted by Gasteiger charge is -2.26. The number of nitrogens with two attached hydrogens (primary N) is 1. The van der Waals surface area contributed by atoms with Crippen molar-refractivity contribution in [1.29, 1.82) is 0 Å². The van der Waals surface area contributed by atoms with Crippen molar-refractivity contribution in [3.8, 4) is 0 Å². The van der Waals surface area contributed by atoms with E-state index in [1.54, 1.807) is 6.92 Å². The Labute approximate surface area is 148 Å². The summed E-state index contributed by atoms with van der Waals surface area (Å²) in [4.78, 5) is 13.7. The van der Waals surface area contributed by atoms with Gasteiger partial charge in [0.25, 0.3) is 0 Å². The Balaban J connectivity index is 1.72. The van der Waals surface area contributed by atoms with Crippen LogP contribution in [0, 0.1) is 0 Å². The average Bonchev–Trinajstić information content (AvgIpc) is 2.62. The SMILES string of the molecule is C[C@H](N)C(=O)Nc1ccc(/C=C/C2C=CN(C)c3ccccc32)cc1. The molecule has 2 aromatic rings. The molecule has 1 unspecified atom stereocenters. The lowest BCUT2D eigenvalue weighted by atomic mass is 9.93. The number of carbonyl (C=O) groups is 1. The number of para-hydroxylation sites is 1. The first-order chi connectivity index (χ1) is 12.0. The van der Waals surface area contributed by atoms with Crippen molar-refractivity contribution in [3.05, 3.63) is 78.0 Å². The maximum absolute atomic E-state index is 11.6. The fourth-order valence-electron chi connectivity index (χ4n) is 2.81. The van der Waals surface area contributed by atoms with Crippen LogP contribution in [0.15, 0.2) is 66.9 Å². The molecular formula is C21H23N3O. The summed E-state index contributed by atoms with van der Waals surface area (Å²) in [6.45, 7) is 1.67. The standard InChI is InChI=1S/C21H23N3O/c1-15(22)21(25)23-18-11-8-16(9-12-18)7-10-17-13-14-24(2)20-6-4-3-5-19(17)20/h3-15,17H,22H2,1-2H3,(H,23,25)/b10-7+/t15-,17?/m0/s1. The highest BCUT2D eigenvalue weighted by Crippen LogP contribution is 2.33. The molecule has 1 aliphatic heterocycles. The maximum Gasteiger partial charge on any atom is 0.240 e. The molecule has 0 aromatic heterocycles. The van der Waals surface area contributed by atoms with Crippen molar-refractivity contribution < 1.29 is 4.79 Å². The van der Waals surface area contributed by atoms with Crippen LogP contribution in [0.2, 0.25) is 0 Å². The van der Waals surface area contributed by atoms with Crippen LogP contribution in [-0.4, -0.2) is 19.0 Å². The monoisotopic (exact) mass is 333 g/mol. The molecule has 0 saturated carbocycles. The quantitative estimate of drug-likeness (QED) is 0.896. The predicted molar refractivity (Wildman–Crippen MR) is 104 cm³/mol. The van der Waals surface area contributed by atoms with Gasteiger partial charge in [0.2, 0.25) is 5.91 Å². The molecule has 0 fully saturated rings. The Morgan fingerprint density at radius 1 is 1.20 bits per heavy atom. The Kier molecular flexibility index (Phi) is 5.00. The van der Waals surface area contributed by atoms with Crippen molar-refractivity contribution in [2.75, 3.05) is 17.3 Å². The molecule has 1 amide bonds. The van der Waals surface area contributed by atoms with Crippen LogP contribution in [-0.2, 0) is 4.79 Å². The lowest BCUT2D eigenvalue weighted by molar-refractivity contribution is -0.117. The minimum atomic E-state index is -0.518. The second-order valence-corrected chi connectivity index (χ2v) is 6.30. The summed E-state index contributed by atoms with van der Waals surface area (Å²) in [7, 11) is 2.06. The van der Waals surface area contributed by atoms with Gasteiger partial charge in [0.05, 0.1) is 6.04 Å². The van der Waals surface area contributed by atoms with E-state index in [9.17, 15) is 4.79 Å². The van der Waals surface area contributed by atoms with Gasteiger partial charge in [-0.2, -0.15) is 0 Å². The minimum Gasteiger partial charge on any atom is -0.351 e. The number of hydrogen-bond acceptors (Lipinski definition) is 3. The number of hydrogen-bond donors (Lipinski definition) is 2. The number of amides is 1. The van der Waals surface area contributed by atoms with Crippen molar-refractivity contribution >= 4 is 23.4 Å². The van der Waals surface area contributed by atoms with Crippen molar-refractivity contribution in [3.63, 3.8) is 0 Å². The van der Waals surface area contributed by atoms with E-state index in [-0.39, 0.29) is 11.8 Å². The molecule has 0 aliphatic carbocycles. The molecule has 0 radical (unpaired) electrons. The summed E-state index contributed by atoms with van der Waals surface area (Å²) in [5, 5.41) is 2.79. The van der Waals surface area contributed by atoms with Crippen molar-refractivity contribution in [2.45, 2.75) is 18.9 Å².